The van der Waals surface area contributed by atoms with Crippen molar-refractivity contribution in [3.05, 3.63) is 66.1 Å². The molecule has 1 amide bonds. The second kappa shape index (κ2) is 7.84. The van der Waals surface area contributed by atoms with Crippen LogP contribution in [-0.2, 0) is 4.79 Å². The van der Waals surface area contributed by atoms with Crippen LogP contribution in [0.3, 0.4) is 0 Å². The molecule has 1 saturated heterocycles. The van der Waals surface area contributed by atoms with Gasteiger partial charge in [-0.05, 0) is 31.2 Å². The van der Waals surface area contributed by atoms with Crippen molar-refractivity contribution in [3.8, 4) is 5.75 Å². The van der Waals surface area contributed by atoms with Crippen LogP contribution >= 0.6 is 0 Å². The van der Waals surface area contributed by atoms with Crippen molar-refractivity contribution >= 4 is 22.5 Å². The largest absolute Gasteiger partial charge is 0.481 e. The molecule has 0 unspecified atom stereocenters. The first-order chi connectivity index (χ1) is 13.6. The molecule has 1 aliphatic heterocycles. The van der Waals surface area contributed by atoms with E-state index in [0.29, 0.717) is 37.6 Å². The highest BCUT2D eigenvalue weighted by atomic mass is 19.1. The average Bonchev–Trinajstić information content (AvgIpc) is 2.72. The third kappa shape index (κ3) is 3.76. The first-order valence-corrected chi connectivity index (χ1v) is 9.38. The maximum absolute atomic E-state index is 13.9. The SMILES string of the molecule is Cc1ccc2cccc(OCC(=O)N3CCN(c4ccccc4F)CC3)c2n1. The molecule has 0 N–H and O–H groups in total. The fourth-order valence-corrected chi connectivity index (χ4v) is 3.47. The summed E-state index contributed by atoms with van der Waals surface area (Å²) < 4.78 is 19.7. The van der Waals surface area contributed by atoms with E-state index in [4.69, 9.17) is 4.74 Å². The van der Waals surface area contributed by atoms with Gasteiger partial charge < -0.3 is 14.5 Å². The Morgan fingerprint density at radius 1 is 1.04 bits per heavy atom. The third-order valence-electron chi connectivity index (χ3n) is 5.00. The number of ether oxygens (including phenoxy) is 1. The molecule has 0 atom stereocenters. The van der Waals surface area contributed by atoms with Crippen LogP contribution in [-0.4, -0.2) is 48.6 Å². The molecule has 28 heavy (non-hydrogen) atoms. The van der Waals surface area contributed by atoms with Gasteiger partial charge in [-0.15, -0.1) is 0 Å². The van der Waals surface area contributed by atoms with E-state index in [1.807, 2.05) is 48.2 Å². The van der Waals surface area contributed by atoms with Gasteiger partial charge in [-0.1, -0.05) is 30.3 Å². The van der Waals surface area contributed by atoms with Crippen molar-refractivity contribution in [3.63, 3.8) is 0 Å². The van der Waals surface area contributed by atoms with Gasteiger partial charge in [-0.3, -0.25) is 4.79 Å². The second-order valence-electron chi connectivity index (χ2n) is 6.89. The number of para-hydroxylation sites is 2. The smallest absolute Gasteiger partial charge is 0.260 e. The summed E-state index contributed by atoms with van der Waals surface area (Å²) in [5.41, 5.74) is 2.25. The van der Waals surface area contributed by atoms with E-state index < -0.39 is 0 Å². The highest BCUT2D eigenvalue weighted by Gasteiger charge is 2.23. The molecule has 1 fully saturated rings. The fraction of sp³-hybridized carbons (Fsp3) is 0.273. The van der Waals surface area contributed by atoms with E-state index in [1.54, 1.807) is 17.0 Å². The summed E-state index contributed by atoms with van der Waals surface area (Å²) >= 11 is 0. The molecule has 0 radical (unpaired) electrons. The molecule has 2 heterocycles. The molecule has 0 spiro atoms. The Kier molecular flexibility index (Phi) is 5.10. The van der Waals surface area contributed by atoms with Crippen LogP contribution in [0.1, 0.15) is 5.69 Å². The zero-order valence-electron chi connectivity index (χ0n) is 15.8. The van der Waals surface area contributed by atoms with Crippen LogP contribution in [0.15, 0.2) is 54.6 Å². The average molecular weight is 379 g/mol. The lowest BCUT2D eigenvalue weighted by atomic mass is 10.2. The zero-order valence-corrected chi connectivity index (χ0v) is 15.8. The number of carbonyl (C=O) groups excluding carboxylic acids is 1. The molecule has 4 rings (SSSR count). The highest BCUT2D eigenvalue weighted by molar-refractivity contribution is 5.85. The van der Waals surface area contributed by atoms with Crippen molar-refractivity contribution in [1.29, 1.82) is 0 Å². The number of halogens is 1. The lowest BCUT2D eigenvalue weighted by Crippen LogP contribution is -2.50. The summed E-state index contributed by atoms with van der Waals surface area (Å²) in [4.78, 5) is 20.8. The monoisotopic (exact) mass is 379 g/mol. The first-order valence-electron chi connectivity index (χ1n) is 9.38. The van der Waals surface area contributed by atoms with Gasteiger partial charge >= 0.3 is 0 Å². The number of fused-ring (bicyclic) bond motifs is 1. The molecule has 1 aliphatic rings. The number of benzene rings is 2. The molecule has 2 aromatic carbocycles. The molecule has 0 saturated carbocycles. The molecular formula is C22H22FN3O2. The number of nitrogens with zero attached hydrogens (tertiary/aromatic N) is 3. The van der Waals surface area contributed by atoms with Gasteiger partial charge in [0.15, 0.2) is 6.61 Å². The van der Waals surface area contributed by atoms with E-state index in [2.05, 4.69) is 4.98 Å². The van der Waals surface area contributed by atoms with Gasteiger partial charge in [0.1, 0.15) is 17.1 Å². The van der Waals surface area contributed by atoms with E-state index in [-0.39, 0.29) is 18.3 Å². The van der Waals surface area contributed by atoms with Crippen LogP contribution in [0.25, 0.3) is 10.9 Å². The predicted octanol–water partition coefficient (Wildman–Crippen LogP) is 3.41. The van der Waals surface area contributed by atoms with Crippen molar-refractivity contribution < 1.29 is 13.9 Å². The molecule has 0 bridgehead atoms. The molecule has 5 nitrogen and oxygen atoms in total. The molecule has 0 aliphatic carbocycles. The summed E-state index contributed by atoms with van der Waals surface area (Å²) in [5.74, 6) is 0.307. The minimum Gasteiger partial charge on any atom is -0.481 e. The number of aryl methyl sites for hydroxylation is 1. The van der Waals surface area contributed by atoms with Crippen LogP contribution in [0.4, 0.5) is 10.1 Å². The highest BCUT2D eigenvalue weighted by Crippen LogP contribution is 2.24. The van der Waals surface area contributed by atoms with Crippen molar-refractivity contribution in [2.24, 2.45) is 0 Å². The number of hydrogen-bond donors (Lipinski definition) is 0. The Hall–Kier alpha value is -3.15. The van der Waals surface area contributed by atoms with E-state index in [9.17, 15) is 9.18 Å². The zero-order chi connectivity index (χ0) is 19.5. The summed E-state index contributed by atoms with van der Waals surface area (Å²) in [5, 5.41) is 0.981. The maximum atomic E-state index is 13.9. The standard InChI is InChI=1S/C22H22FN3O2/c1-16-9-10-17-5-4-8-20(22(17)24-16)28-15-21(27)26-13-11-25(12-14-26)19-7-3-2-6-18(19)23/h2-10H,11-15H2,1H3. The molecule has 3 aromatic rings. The minimum absolute atomic E-state index is 0.0333. The number of carbonyl (C=O) groups is 1. The lowest BCUT2D eigenvalue weighted by Gasteiger charge is -2.36. The molecular weight excluding hydrogens is 357 g/mol. The summed E-state index contributed by atoms with van der Waals surface area (Å²) in [6, 6.07) is 16.4. The van der Waals surface area contributed by atoms with Crippen molar-refractivity contribution in [2.45, 2.75) is 6.92 Å². The van der Waals surface area contributed by atoms with Gasteiger partial charge in [0.05, 0.1) is 5.69 Å². The Balaban J connectivity index is 1.37. The minimum atomic E-state index is -0.232. The number of amides is 1. The molecule has 1 aromatic heterocycles. The number of pyridine rings is 1. The quantitative estimate of drug-likeness (QED) is 0.697. The Bertz CT molecular complexity index is 1000. The van der Waals surface area contributed by atoms with Gasteiger partial charge in [0, 0.05) is 37.3 Å². The van der Waals surface area contributed by atoms with Gasteiger partial charge in [-0.25, -0.2) is 9.37 Å². The van der Waals surface area contributed by atoms with Gasteiger partial charge in [0.25, 0.3) is 5.91 Å². The Morgan fingerprint density at radius 3 is 2.61 bits per heavy atom. The van der Waals surface area contributed by atoms with Crippen molar-refractivity contribution in [1.82, 2.24) is 9.88 Å². The topological polar surface area (TPSA) is 45.7 Å². The third-order valence-corrected chi connectivity index (χ3v) is 5.00. The normalized spacial score (nSPS) is 14.4. The van der Waals surface area contributed by atoms with Gasteiger partial charge in [-0.2, -0.15) is 0 Å². The summed E-state index contributed by atoms with van der Waals surface area (Å²) in [6.45, 7) is 4.18. The van der Waals surface area contributed by atoms with Crippen LogP contribution in [0.5, 0.6) is 5.75 Å². The lowest BCUT2D eigenvalue weighted by molar-refractivity contribution is -0.133. The predicted molar refractivity (Wildman–Crippen MR) is 107 cm³/mol. The van der Waals surface area contributed by atoms with Gasteiger partial charge in [0.2, 0.25) is 0 Å². The Labute approximate surface area is 163 Å². The summed E-state index contributed by atoms with van der Waals surface area (Å²) in [7, 11) is 0. The van der Waals surface area contributed by atoms with Crippen LogP contribution < -0.4 is 9.64 Å². The summed E-state index contributed by atoms with van der Waals surface area (Å²) in [6.07, 6.45) is 0. The van der Waals surface area contributed by atoms with E-state index >= 15 is 0 Å². The number of hydrogen-bond acceptors (Lipinski definition) is 4. The van der Waals surface area contributed by atoms with E-state index in [0.717, 1.165) is 16.6 Å². The first kappa shape index (κ1) is 18.2. The number of piperazine rings is 1. The fourth-order valence-electron chi connectivity index (χ4n) is 3.47. The van der Waals surface area contributed by atoms with Crippen molar-refractivity contribution in [2.75, 3.05) is 37.7 Å². The number of rotatable bonds is 4. The maximum Gasteiger partial charge on any atom is 0.260 e. The number of anilines is 1. The molecule has 6 heteroatoms. The second-order valence-corrected chi connectivity index (χ2v) is 6.89. The Morgan fingerprint density at radius 2 is 1.82 bits per heavy atom. The van der Waals surface area contributed by atoms with E-state index in [1.165, 1.54) is 6.07 Å². The number of aromatic nitrogens is 1. The van der Waals surface area contributed by atoms with Crippen LogP contribution in [0.2, 0.25) is 0 Å². The molecule has 144 valence electrons. The van der Waals surface area contributed by atoms with Crippen LogP contribution in [0, 0.1) is 12.7 Å².